The van der Waals surface area contributed by atoms with Gasteiger partial charge in [-0.2, -0.15) is 0 Å². The smallest absolute Gasteiger partial charge is 0.172 e. The van der Waals surface area contributed by atoms with E-state index in [0.717, 1.165) is 51.4 Å². The van der Waals surface area contributed by atoms with Crippen LogP contribution in [0.4, 0.5) is 0 Å². The molecule has 5 atom stereocenters. The monoisotopic (exact) mass is 410 g/mol. The lowest BCUT2D eigenvalue weighted by atomic mass is 9.42. The molecule has 0 heterocycles. The molecule has 1 unspecified atom stereocenters. The highest BCUT2D eigenvalue weighted by atomic mass is 16.5. The SMILES string of the molecule is CC(=O)[C@@]12C=CC3(CC1)[C@@H]1CCC4=C(CC(O)(O)C5(C4)CC(C)(C)C5)[C@H]1CC[C@@]32C. The maximum atomic E-state index is 12.8. The number of carbonyl (C=O) groups is 1. The fraction of sp³-hybridized carbons (Fsp3) is 0.815. The lowest BCUT2D eigenvalue weighted by Crippen LogP contribution is -2.62. The molecule has 3 saturated carbocycles. The quantitative estimate of drug-likeness (QED) is 0.455. The van der Waals surface area contributed by atoms with Crippen LogP contribution in [0.2, 0.25) is 0 Å². The number of hydrogen-bond donors (Lipinski definition) is 2. The third-order valence-electron chi connectivity index (χ3n) is 11.5. The van der Waals surface area contributed by atoms with Gasteiger partial charge < -0.3 is 10.2 Å². The maximum Gasteiger partial charge on any atom is 0.172 e. The Labute approximate surface area is 181 Å². The summed E-state index contributed by atoms with van der Waals surface area (Å²) < 4.78 is 0. The molecule has 6 aliphatic rings. The molecule has 0 aromatic heterocycles. The molecule has 6 aliphatic carbocycles. The van der Waals surface area contributed by atoms with Crippen molar-refractivity contribution in [3.63, 3.8) is 0 Å². The Morgan fingerprint density at radius 1 is 1.00 bits per heavy atom. The van der Waals surface area contributed by atoms with E-state index in [1.165, 1.54) is 12.0 Å². The maximum absolute atomic E-state index is 12.8. The van der Waals surface area contributed by atoms with E-state index in [0.29, 0.717) is 24.0 Å². The molecular weight excluding hydrogens is 372 g/mol. The lowest BCUT2D eigenvalue weighted by Gasteiger charge is -2.64. The summed E-state index contributed by atoms with van der Waals surface area (Å²) in [6, 6.07) is 0. The van der Waals surface area contributed by atoms with Crippen molar-refractivity contribution in [2.45, 2.75) is 97.7 Å². The zero-order chi connectivity index (χ0) is 21.4. The number of carbonyl (C=O) groups excluding carboxylic acids is 1. The van der Waals surface area contributed by atoms with Gasteiger partial charge in [-0.05, 0) is 92.8 Å². The molecule has 30 heavy (non-hydrogen) atoms. The van der Waals surface area contributed by atoms with Crippen molar-refractivity contribution >= 4 is 5.78 Å². The van der Waals surface area contributed by atoms with Gasteiger partial charge in [-0.15, -0.1) is 0 Å². The number of allylic oxidation sites excluding steroid dienone is 3. The first kappa shape index (κ1) is 19.7. The van der Waals surface area contributed by atoms with Crippen LogP contribution in [-0.4, -0.2) is 21.8 Å². The van der Waals surface area contributed by atoms with Crippen molar-refractivity contribution in [1.82, 2.24) is 0 Å². The highest BCUT2D eigenvalue weighted by molar-refractivity contribution is 5.87. The summed E-state index contributed by atoms with van der Waals surface area (Å²) in [5.74, 6) is -0.188. The summed E-state index contributed by atoms with van der Waals surface area (Å²) in [5, 5.41) is 22.5. The van der Waals surface area contributed by atoms with Gasteiger partial charge in [0.2, 0.25) is 0 Å². The second kappa shape index (κ2) is 5.34. The predicted molar refractivity (Wildman–Crippen MR) is 116 cm³/mol. The van der Waals surface area contributed by atoms with Crippen LogP contribution in [0.5, 0.6) is 0 Å². The van der Waals surface area contributed by atoms with Crippen molar-refractivity contribution in [2.75, 3.05) is 0 Å². The topological polar surface area (TPSA) is 57.5 Å². The minimum Gasteiger partial charge on any atom is -0.365 e. The highest BCUT2D eigenvalue weighted by Crippen LogP contribution is 2.78. The van der Waals surface area contributed by atoms with E-state index in [9.17, 15) is 15.0 Å². The molecule has 0 aromatic rings. The molecule has 2 N–H and O–H groups in total. The van der Waals surface area contributed by atoms with Crippen molar-refractivity contribution < 1.29 is 15.0 Å². The fourth-order valence-electron chi connectivity index (χ4n) is 10.3. The lowest BCUT2D eigenvalue weighted by molar-refractivity contribution is -0.296. The molecule has 0 aromatic carbocycles. The number of fused-ring (bicyclic) bond motifs is 2. The van der Waals surface area contributed by atoms with E-state index < -0.39 is 5.79 Å². The number of Topliss-reactive ketones (excluding diaryl/α,β-unsaturated/α-hetero) is 1. The van der Waals surface area contributed by atoms with Gasteiger partial charge >= 0.3 is 0 Å². The molecule has 6 rings (SSSR count). The Balaban J connectivity index is 1.37. The predicted octanol–water partition coefficient (Wildman–Crippen LogP) is 5.32. The molecule has 0 aliphatic heterocycles. The van der Waals surface area contributed by atoms with Gasteiger partial charge in [0.15, 0.2) is 5.79 Å². The zero-order valence-corrected chi connectivity index (χ0v) is 19.2. The largest absolute Gasteiger partial charge is 0.365 e. The first-order chi connectivity index (χ1) is 13.9. The standard InChI is InChI=1S/C27H38O3/c1-17(28)25-9-11-26(12-10-25)21-6-5-18-13-24(15-22(2,3)16-24)27(29,30)14-20(18)19(21)7-8-23(25,26)4/h9,11,19,21,29-30H,5-8,10,12-16H2,1-4H3/t19-,21-,23-,25-,26?/m1/s1. The van der Waals surface area contributed by atoms with Crippen molar-refractivity contribution in [3.05, 3.63) is 23.3 Å². The van der Waals surface area contributed by atoms with Crippen LogP contribution in [0.1, 0.15) is 91.9 Å². The summed E-state index contributed by atoms with van der Waals surface area (Å²) in [5.41, 5.74) is 2.78. The Kier molecular flexibility index (Phi) is 3.51. The van der Waals surface area contributed by atoms with Crippen LogP contribution in [0, 0.1) is 38.9 Å². The normalized spacial score (nSPS) is 48.7. The van der Waals surface area contributed by atoms with Gasteiger partial charge in [-0.1, -0.05) is 44.1 Å². The number of rotatable bonds is 1. The molecule has 3 fully saturated rings. The van der Waals surface area contributed by atoms with Crippen LogP contribution in [0.15, 0.2) is 23.3 Å². The third-order valence-corrected chi connectivity index (χ3v) is 11.5. The van der Waals surface area contributed by atoms with E-state index in [-0.39, 0.29) is 27.1 Å². The molecule has 2 bridgehead atoms. The zero-order valence-electron chi connectivity index (χ0n) is 19.2. The van der Waals surface area contributed by atoms with Gasteiger partial charge in [0, 0.05) is 11.8 Å². The first-order valence-electron chi connectivity index (χ1n) is 12.3. The van der Waals surface area contributed by atoms with Gasteiger partial charge in [-0.25, -0.2) is 0 Å². The van der Waals surface area contributed by atoms with E-state index in [1.807, 2.05) is 0 Å². The summed E-state index contributed by atoms with van der Waals surface area (Å²) in [7, 11) is 0. The van der Waals surface area contributed by atoms with Gasteiger partial charge in [-0.3, -0.25) is 4.79 Å². The average Bonchev–Trinajstić information content (AvgIpc) is 3.06. The molecule has 0 amide bonds. The highest BCUT2D eigenvalue weighted by Gasteiger charge is 2.73. The second-order valence-corrected chi connectivity index (χ2v) is 13.1. The summed E-state index contributed by atoms with van der Waals surface area (Å²) in [6.45, 7) is 8.71. The molecular formula is C27H38O3. The van der Waals surface area contributed by atoms with E-state index >= 15 is 0 Å². The minimum atomic E-state index is -1.56. The van der Waals surface area contributed by atoms with E-state index in [4.69, 9.17) is 0 Å². The molecule has 0 radical (unpaired) electrons. The van der Waals surface area contributed by atoms with E-state index in [1.54, 1.807) is 12.5 Å². The van der Waals surface area contributed by atoms with Crippen molar-refractivity contribution in [2.24, 2.45) is 38.9 Å². The van der Waals surface area contributed by atoms with Crippen LogP contribution >= 0.6 is 0 Å². The molecule has 1 spiro atoms. The van der Waals surface area contributed by atoms with Crippen molar-refractivity contribution in [1.29, 1.82) is 0 Å². The van der Waals surface area contributed by atoms with Crippen molar-refractivity contribution in [3.8, 4) is 0 Å². The fourth-order valence-corrected chi connectivity index (χ4v) is 10.3. The number of ketones is 1. The molecule has 3 heteroatoms. The van der Waals surface area contributed by atoms with Gasteiger partial charge in [0.25, 0.3) is 0 Å². The summed E-state index contributed by atoms with van der Waals surface area (Å²) >= 11 is 0. The Bertz CT molecular complexity index is 899. The first-order valence-corrected chi connectivity index (χ1v) is 12.3. The average molecular weight is 411 g/mol. The Morgan fingerprint density at radius 3 is 2.33 bits per heavy atom. The third kappa shape index (κ3) is 1.95. The summed E-state index contributed by atoms with van der Waals surface area (Å²) in [6.07, 6.45) is 14.6. The van der Waals surface area contributed by atoms with Crippen LogP contribution in [0.3, 0.4) is 0 Å². The van der Waals surface area contributed by atoms with Gasteiger partial charge in [0.1, 0.15) is 5.78 Å². The van der Waals surface area contributed by atoms with Gasteiger partial charge in [0.05, 0.1) is 5.41 Å². The number of hydrogen-bond acceptors (Lipinski definition) is 3. The molecule has 3 nitrogen and oxygen atoms in total. The van der Waals surface area contributed by atoms with Crippen LogP contribution in [-0.2, 0) is 4.79 Å². The van der Waals surface area contributed by atoms with Crippen LogP contribution in [0.25, 0.3) is 0 Å². The van der Waals surface area contributed by atoms with Crippen LogP contribution < -0.4 is 0 Å². The Hall–Kier alpha value is -0.930. The molecule has 164 valence electrons. The Morgan fingerprint density at radius 2 is 1.73 bits per heavy atom. The second-order valence-electron chi connectivity index (χ2n) is 13.1. The molecule has 0 saturated heterocycles. The van der Waals surface area contributed by atoms with E-state index in [2.05, 4.69) is 32.9 Å². The minimum absolute atomic E-state index is 0.0501. The summed E-state index contributed by atoms with van der Waals surface area (Å²) in [4.78, 5) is 12.8. The number of aliphatic hydroxyl groups is 2.